The van der Waals surface area contributed by atoms with Crippen molar-refractivity contribution >= 4 is 39.9 Å². The van der Waals surface area contributed by atoms with E-state index in [0.717, 1.165) is 38.5 Å². The van der Waals surface area contributed by atoms with Crippen LogP contribution in [0.5, 0.6) is 0 Å². The lowest BCUT2D eigenvalue weighted by molar-refractivity contribution is -0.128. The number of nitrogens with zero attached hydrogens (tertiary/aromatic N) is 2. The summed E-state index contributed by atoms with van der Waals surface area (Å²) in [7, 11) is -2.28. The second-order valence-electron chi connectivity index (χ2n) is 22.8. The minimum absolute atomic E-state index is 0.0133. The van der Waals surface area contributed by atoms with E-state index in [9.17, 15) is 22.8 Å². The molecule has 0 aromatic rings. The first kappa shape index (κ1) is 52.9. The van der Waals surface area contributed by atoms with Gasteiger partial charge in [0.15, 0.2) is 5.78 Å². The van der Waals surface area contributed by atoms with Crippen molar-refractivity contribution in [3.8, 4) is 0 Å². The van der Waals surface area contributed by atoms with Gasteiger partial charge in [-0.25, -0.2) is 27.5 Å². The Morgan fingerprint density at radius 2 is 0.935 bits per heavy atom. The van der Waals surface area contributed by atoms with E-state index in [0.29, 0.717) is 51.8 Å². The molecule has 0 radical (unpaired) electrons. The molecule has 5 saturated heterocycles. The molecule has 5 heterocycles. The first-order chi connectivity index (χ1) is 28.4. The number of carbonyl (C=O) groups excluding carboxylic acids is 3. The Hall–Kier alpha value is -1.69. The molecule has 0 aromatic carbocycles. The minimum Gasteiger partial charge on any atom is -0.444 e. The maximum Gasteiger partial charge on any atom is 0.410 e. The molecule has 2 N–H and O–H groups in total. The predicted molar refractivity (Wildman–Crippen MR) is 245 cm³/mol. The Morgan fingerprint density at radius 3 is 1.23 bits per heavy atom. The number of carbonyl (C=O) groups is 3. The highest BCUT2D eigenvalue weighted by Gasteiger charge is 2.53. The molecule has 6 rings (SSSR count). The molecule has 6 fully saturated rings. The van der Waals surface area contributed by atoms with E-state index in [1.54, 1.807) is 9.80 Å². The number of ether oxygens (including phenoxy) is 5. The summed E-state index contributed by atoms with van der Waals surface area (Å²) in [5, 5.41) is 0. The van der Waals surface area contributed by atoms with Gasteiger partial charge in [0.25, 0.3) is 0 Å². The minimum atomic E-state index is -1.14. The van der Waals surface area contributed by atoms with Gasteiger partial charge in [-0.1, -0.05) is 19.3 Å². The van der Waals surface area contributed by atoms with E-state index in [2.05, 4.69) is 9.44 Å². The van der Waals surface area contributed by atoms with Crippen LogP contribution in [0.3, 0.4) is 0 Å². The van der Waals surface area contributed by atoms with E-state index in [-0.39, 0.29) is 68.3 Å². The Balaban J connectivity index is 0.000000217. The summed E-state index contributed by atoms with van der Waals surface area (Å²) in [6.07, 6.45) is 8.55. The molecule has 14 nitrogen and oxygen atoms in total. The molecule has 16 heteroatoms. The highest BCUT2D eigenvalue weighted by molar-refractivity contribution is 7.84. The third-order valence-corrected chi connectivity index (χ3v) is 16.4. The zero-order chi connectivity index (χ0) is 46.7. The normalized spacial score (nSPS) is 29.4. The Morgan fingerprint density at radius 1 is 0.581 bits per heavy atom. The van der Waals surface area contributed by atoms with Gasteiger partial charge in [0.05, 0.1) is 81.0 Å². The number of ketones is 1. The molecule has 5 aliphatic heterocycles. The van der Waals surface area contributed by atoms with Crippen LogP contribution in [0.25, 0.3) is 0 Å². The first-order valence-electron chi connectivity index (χ1n) is 23.1. The summed E-state index contributed by atoms with van der Waals surface area (Å²) >= 11 is 0. The second kappa shape index (κ2) is 20.4. The molecular weight excluding hydrogens is 833 g/mol. The third kappa shape index (κ3) is 13.7. The summed E-state index contributed by atoms with van der Waals surface area (Å²) in [6, 6.07) is 0.0710. The number of nitrogens with one attached hydrogen (secondary N) is 2. The largest absolute Gasteiger partial charge is 0.444 e. The summed E-state index contributed by atoms with van der Waals surface area (Å²) < 4.78 is 59.4. The number of likely N-dealkylation sites (tertiary alicyclic amines) is 2. The van der Waals surface area contributed by atoms with E-state index in [1.807, 2.05) is 104 Å². The van der Waals surface area contributed by atoms with Crippen molar-refractivity contribution in [2.24, 2.45) is 16.2 Å². The van der Waals surface area contributed by atoms with Crippen LogP contribution >= 0.6 is 0 Å². The van der Waals surface area contributed by atoms with E-state index in [4.69, 9.17) is 23.7 Å². The summed E-state index contributed by atoms with van der Waals surface area (Å²) in [5.74, 6) is 0.363. The van der Waals surface area contributed by atoms with Crippen molar-refractivity contribution in [2.45, 2.75) is 213 Å². The van der Waals surface area contributed by atoms with Crippen molar-refractivity contribution in [3.05, 3.63) is 0 Å². The van der Waals surface area contributed by atoms with Gasteiger partial charge >= 0.3 is 12.2 Å². The van der Waals surface area contributed by atoms with E-state index in [1.165, 1.54) is 19.3 Å². The number of hydrogen-bond acceptors (Lipinski definition) is 10. The second-order valence-corrected chi connectivity index (χ2v) is 26.8. The Bertz CT molecular complexity index is 1480. The third-order valence-electron chi connectivity index (χ3n) is 13.2. The number of Topliss-reactive ketones (excluding diaryl/α,β-unsaturated/α-hetero) is 1. The van der Waals surface area contributed by atoms with Gasteiger partial charge in [-0.3, -0.25) is 4.79 Å². The maximum atomic E-state index is 12.6. The average Bonchev–Trinajstić information content (AvgIpc) is 3.73. The zero-order valence-electron chi connectivity index (χ0n) is 41.0. The SMILES string of the molecule is C[C@H]1OCC2(CCCCC2)C1=O.C[C@H]1OCC2(CCN(C(=O)OC(C)(C)C)CC2)[C@@H]1N[S@](=O)C(C)(C)C.C[C@H]1OCC2(CCN(C(=O)OC(C)(C)C)CC2)[C@H]1N[S@](=O)C(C)(C)C. The maximum absolute atomic E-state index is 12.6. The molecule has 6 aliphatic rings. The van der Waals surface area contributed by atoms with Gasteiger partial charge < -0.3 is 33.5 Å². The van der Waals surface area contributed by atoms with Crippen LogP contribution in [0.4, 0.5) is 9.59 Å². The molecule has 0 aromatic heterocycles. The molecule has 360 valence electrons. The molecule has 0 bridgehead atoms. The van der Waals surface area contributed by atoms with Gasteiger partial charge in [0.2, 0.25) is 0 Å². The molecule has 3 spiro atoms. The molecule has 0 unspecified atom stereocenters. The summed E-state index contributed by atoms with van der Waals surface area (Å²) in [6.45, 7) is 33.6. The highest BCUT2D eigenvalue weighted by atomic mass is 32.2. The van der Waals surface area contributed by atoms with Crippen molar-refractivity contribution in [1.82, 2.24) is 19.2 Å². The van der Waals surface area contributed by atoms with Gasteiger partial charge in [-0.05, 0) is 142 Å². The van der Waals surface area contributed by atoms with Crippen LogP contribution in [0.15, 0.2) is 0 Å². The molecular formula is C46H84N4O10S2. The van der Waals surface area contributed by atoms with Crippen molar-refractivity contribution in [1.29, 1.82) is 0 Å². The molecule has 1 saturated carbocycles. The smallest absolute Gasteiger partial charge is 0.410 e. The van der Waals surface area contributed by atoms with Crippen LogP contribution in [-0.4, -0.2) is 133 Å². The van der Waals surface area contributed by atoms with Crippen LogP contribution in [0.2, 0.25) is 0 Å². The lowest BCUT2D eigenvalue weighted by Crippen LogP contribution is -2.55. The fourth-order valence-electron chi connectivity index (χ4n) is 9.30. The number of hydrogen-bond donors (Lipinski definition) is 2. The van der Waals surface area contributed by atoms with Crippen molar-refractivity contribution in [3.63, 3.8) is 0 Å². The summed E-state index contributed by atoms with van der Waals surface area (Å²) in [4.78, 5) is 39.9. The summed E-state index contributed by atoms with van der Waals surface area (Å²) in [5.41, 5.74) is -1.16. The van der Waals surface area contributed by atoms with Crippen LogP contribution in [0, 0.1) is 16.2 Å². The van der Waals surface area contributed by atoms with Crippen molar-refractivity contribution in [2.75, 3.05) is 46.0 Å². The first-order valence-corrected chi connectivity index (χ1v) is 25.4. The molecule has 2 amide bonds. The number of amides is 2. The fraction of sp³-hybridized carbons (Fsp3) is 0.935. The van der Waals surface area contributed by atoms with Gasteiger partial charge in [-0.15, -0.1) is 0 Å². The zero-order valence-corrected chi connectivity index (χ0v) is 42.6. The molecule has 62 heavy (non-hydrogen) atoms. The van der Waals surface area contributed by atoms with Crippen LogP contribution in [-0.2, 0) is 50.5 Å². The quantitative estimate of drug-likeness (QED) is 0.287. The molecule has 1 aliphatic carbocycles. The average molecular weight is 917 g/mol. The van der Waals surface area contributed by atoms with Gasteiger partial charge in [0, 0.05) is 37.0 Å². The van der Waals surface area contributed by atoms with E-state index < -0.39 is 33.2 Å². The Labute approximate surface area is 379 Å². The van der Waals surface area contributed by atoms with Crippen LogP contribution < -0.4 is 9.44 Å². The lowest BCUT2D eigenvalue weighted by Gasteiger charge is -2.43. The van der Waals surface area contributed by atoms with E-state index >= 15 is 0 Å². The topological polar surface area (TPSA) is 162 Å². The van der Waals surface area contributed by atoms with Crippen molar-refractivity contribution < 1.29 is 46.5 Å². The Kier molecular flexibility index (Phi) is 17.5. The lowest BCUT2D eigenvalue weighted by atomic mass is 9.72. The fourth-order valence-corrected chi connectivity index (χ4v) is 11.4. The van der Waals surface area contributed by atoms with Gasteiger partial charge in [0.1, 0.15) is 17.3 Å². The standard InChI is InChI=1S/2C18H34N2O4S.C10H16O2/c2*1-13-14(19-25(22)17(5,6)7)18(12-23-13)8-10-20(11-9-18)15(21)24-16(2,3)4;1-8-9(11)10(7-12-8)5-3-2-4-6-10/h2*13-14,19H,8-12H2,1-7H3;8H,2-7H2,1H3/t13-,14+,25-;13-,14-,25-;8-/m111/s1. The van der Waals surface area contributed by atoms with Crippen LogP contribution in [0.1, 0.15) is 162 Å². The van der Waals surface area contributed by atoms with Gasteiger partial charge in [-0.2, -0.15) is 0 Å². The number of rotatable bonds is 4. The molecule has 7 atom stereocenters. The predicted octanol–water partition coefficient (Wildman–Crippen LogP) is 7.61. The number of piperidine rings is 2. The highest BCUT2D eigenvalue weighted by Crippen LogP contribution is 2.45. The monoisotopic (exact) mass is 917 g/mol.